The van der Waals surface area contributed by atoms with Crippen LogP contribution >= 0.6 is 11.3 Å². The molecular weight excluding hydrogens is 410 g/mol. The summed E-state index contributed by atoms with van der Waals surface area (Å²) < 4.78 is 1.05. The summed E-state index contributed by atoms with van der Waals surface area (Å²) in [5.74, 6) is 5.24. The number of carbonyl (C=O) groups is 1. The summed E-state index contributed by atoms with van der Waals surface area (Å²) in [5.41, 5.74) is 4.79. The number of nitrogens with one attached hydrogen (secondary N) is 2. The SMILES string of the molecule is NNc1nc2sc3c(c2c(=O)n1C(=O)c1ccccc1)CC[NH+](Cc1ccccc1)C3. The van der Waals surface area contributed by atoms with E-state index < -0.39 is 5.91 Å². The molecule has 5 rings (SSSR count). The molecule has 1 unspecified atom stereocenters. The highest BCUT2D eigenvalue weighted by molar-refractivity contribution is 7.18. The third kappa shape index (κ3) is 3.54. The third-order valence-electron chi connectivity index (χ3n) is 5.70. The molecule has 2 aromatic carbocycles. The molecule has 2 aromatic heterocycles. The Morgan fingerprint density at radius 2 is 1.84 bits per heavy atom. The van der Waals surface area contributed by atoms with Gasteiger partial charge in [0.25, 0.3) is 11.5 Å². The second-order valence-corrected chi connectivity index (χ2v) is 8.75. The average Bonchev–Trinajstić information content (AvgIpc) is 3.17. The van der Waals surface area contributed by atoms with Crippen LogP contribution in [0.25, 0.3) is 10.2 Å². The Morgan fingerprint density at radius 3 is 2.55 bits per heavy atom. The van der Waals surface area contributed by atoms with E-state index in [1.807, 2.05) is 12.1 Å². The van der Waals surface area contributed by atoms with Crippen LogP contribution in [0.15, 0.2) is 65.5 Å². The molecule has 0 aliphatic carbocycles. The predicted octanol–water partition coefficient (Wildman–Crippen LogP) is 1.57. The molecule has 4 N–H and O–H groups in total. The van der Waals surface area contributed by atoms with E-state index in [1.165, 1.54) is 21.8 Å². The number of nitrogen functional groups attached to an aromatic ring is 1. The fourth-order valence-corrected chi connectivity index (χ4v) is 5.49. The molecule has 7 nitrogen and oxygen atoms in total. The first-order valence-corrected chi connectivity index (χ1v) is 11.0. The fourth-order valence-electron chi connectivity index (χ4n) is 4.21. The quantitative estimate of drug-likeness (QED) is 0.336. The number of benzene rings is 2. The number of quaternary nitrogens is 1. The van der Waals surface area contributed by atoms with Crippen molar-refractivity contribution in [2.24, 2.45) is 5.84 Å². The molecule has 0 fully saturated rings. The molecule has 0 amide bonds. The summed E-state index contributed by atoms with van der Waals surface area (Å²) >= 11 is 1.52. The maximum atomic E-state index is 13.4. The van der Waals surface area contributed by atoms with Gasteiger partial charge in [-0.3, -0.25) is 15.0 Å². The van der Waals surface area contributed by atoms with Crippen molar-refractivity contribution in [3.05, 3.63) is 92.6 Å². The van der Waals surface area contributed by atoms with Crippen LogP contribution in [0.3, 0.4) is 0 Å². The molecule has 0 saturated heterocycles. The number of hydrogen-bond acceptors (Lipinski definition) is 6. The Bertz CT molecular complexity index is 1310. The Morgan fingerprint density at radius 1 is 1.13 bits per heavy atom. The highest BCUT2D eigenvalue weighted by Crippen LogP contribution is 2.30. The number of hydrazine groups is 1. The van der Waals surface area contributed by atoms with E-state index in [4.69, 9.17) is 5.84 Å². The van der Waals surface area contributed by atoms with Gasteiger partial charge < -0.3 is 4.90 Å². The maximum Gasteiger partial charge on any atom is 0.271 e. The predicted molar refractivity (Wildman–Crippen MR) is 121 cm³/mol. The molecule has 0 radical (unpaired) electrons. The van der Waals surface area contributed by atoms with Crippen LogP contribution < -0.4 is 21.7 Å². The summed E-state index contributed by atoms with van der Waals surface area (Å²) in [6.07, 6.45) is 0.781. The van der Waals surface area contributed by atoms with Crippen LogP contribution in [0.4, 0.5) is 5.95 Å². The molecule has 4 aromatic rings. The van der Waals surface area contributed by atoms with Crippen LogP contribution in [0.2, 0.25) is 0 Å². The van der Waals surface area contributed by atoms with Gasteiger partial charge in [0.1, 0.15) is 17.9 Å². The van der Waals surface area contributed by atoms with Gasteiger partial charge in [-0.25, -0.2) is 15.4 Å². The molecule has 1 aliphatic rings. The number of rotatable bonds is 4. The second-order valence-electron chi connectivity index (χ2n) is 7.66. The van der Waals surface area contributed by atoms with E-state index in [0.29, 0.717) is 15.8 Å². The van der Waals surface area contributed by atoms with E-state index in [0.717, 1.165) is 41.1 Å². The van der Waals surface area contributed by atoms with Gasteiger partial charge in [0, 0.05) is 17.5 Å². The Labute approximate surface area is 182 Å². The number of hydrogen-bond donors (Lipinski definition) is 3. The molecular formula is C23H22N5O2S+. The van der Waals surface area contributed by atoms with Crippen molar-refractivity contribution < 1.29 is 9.69 Å². The van der Waals surface area contributed by atoms with E-state index in [9.17, 15) is 9.59 Å². The number of carbonyl (C=O) groups excluding carboxylic acids is 1. The number of aromatic nitrogens is 2. The van der Waals surface area contributed by atoms with Gasteiger partial charge in [0.2, 0.25) is 5.95 Å². The van der Waals surface area contributed by atoms with Crippen LogP contribution in [-0.2, 0) is 19.5 Å². The van der Waals surface area contributed by atoms with Crippen molar-refractivity contribution in [3.8, 4) is 0 Å². The summed E-state index contributed by atoms with van der Waals surface area (Å²) in [7, 11) is 0. The lowest BCUT2D eigenvalue weighted by molar-refractivity contribution is -0.929. The zero-order valence-corrected chi connectivity index (χ0v) is 17.6. The largest absolute Gasteiger partial charge is 0.326 e. The van der Waals surface area contributed by atoms with Gasteiger partial charge in [-0.2, -0.15) is 0 Å². The van der Waals surface area contributed by atoms with Crippen LogP contribution in [0.5, 0.6) is 0 Å². The van der Waals surface area contributed by atoms with E-state index in [-0.39, 0.29) is 11.5 Å². The highest BCUT2D eigenvalue weighted by atomic mass is 32.1. The molecule has 1 aliphatic heterocycles. The van der Waals surface area contributed by atoms with Gasteiger partial charge in [0.15, 0.2) is 0 Å². The smallest absolute Gasteiger partial charge is 0.271 e. The van der Waals surface area contributed by atoms with Crippen molar-refractivity contribution in [2.45, 2.75) is 19.5 Å². The summed E-state index contributed by atoms with van der Waals surface area (Å²) in [4.78, 5) is 34.3. The number of anilines is 1. The minimum atomic E-state index is -0.444. The fraction of sp³-hybridized carbons (Fsp3) is 0.174. The first kappa shape index (κ1) is 19.6. The normalized spacial score (nSPS) is 15.6. The minimum absolute atomic E-state index is 0.0541. The lowest BCUT2D eigenvalue weighted by Gasteiger charge is -2.23. The highest BCUT2D eigenvalue weighted by Gasteiger charge is 2.28. The molecule has 3 heterocycles. The molecule has 0 saturated carbocycles. The van der Waals surface area contributed by atoms with Gasteiger partial charge >= 0.3 is 0 Å². The van der Waals surface area contributed by atoms with Crippen LogP contribution in [-0.4, -0.2) is 22.0 Å². The summed E-state index contributed by atoms with van der Waals surface area (Å²) in [5, 5.41) is 0.544. The summed E-state index contributed by atoms with van der Waals surface area (Å²) in [6.45, 7) is 2.70. The van der Waals surface area contributed by atoms with Crippen molar-refractivity contribution in [1.29, 1.82) is 0 Å². The first-order chi connectivity index (χ1) is 15.2. The van der Waals surface area contributed by atoms with Crippen molar-refractivity contribution in [3.63, 3.8) is 0 Å². The van der Waals surface area contributed by atoms with Crippen molar-refractivity contribution in [1.82, 2.24) is 9.55 Å². The van der Waals surface area contributed by atoms with E-state index >= 15 is 0 Å². The van der Waals surface area contributed by atoms with Crippen LogP contribution in [0.1, 0.15) is 26.4 Å². The molecule has 1 atom stereocenters. The van der Waals surface area contributed by atoms with Crippen molar-refractivity contribution >= 4 is 33.4 Å². The van der Waals surface area contributed by atoms with E-state index in [2.05, 4.69) is 34.7 Å². The monoisotopic (exact) mass is 432 g/mol. The van der Waals surface area contributed by atoms with Crippen molar-refractivity contribution in [2.75, 3.05) is 12.0 Å². The lowest BCUT2D eigenvalue weighted by Crippen LogP contribution is -3.10. The minimum Gasteiger partial charge on any atom is -0.326 e. The zero-order chi connectivity index (χ0) is 21.4. The summed E-state index contributed by atoms with van der Waals surface area (Å²) in [6, 6.07) is 19.1. The molecule has 0 spiro atoms. The lowest BCUT2D eigenvalue weighted by atomic mass is 10.0. The average molecular weight is 433 g/mol. The van der Waals surface area contributed by atoms with Gasteiger partial charge in [-0.15, -0.1) is 11.3 Å². The number of nitrogens with zero attached hydrogens (tertiary/aromatic N) is 2. The number of fused-ring (bicyclic) bond motifs is 3. The third-order valence-corrected chi connectivity index (χ3v) is 6.82. The number of nitrogens with two attached hydrogens (primary N) is 1. The Kier molecular flexibility index (Phi) is 5.11. The Balaban J connectivity index is 1.55. The number of thiophene rings is 1. The molecule has 156 valence electrons. The van der Waals surface area contributed by atoms with Gasteiger partial charge in [-0.1, -0.05) is 48.5 Å². The van der Waals surface area contributed by atoms with Gasteiger partial charge in [0.05, 0.1) is 16.8 Å². The molecule has 31 heavy (non-hydrogen) atoms. The molecule has 8 heteroatoms. The first-order valence-electron chi connectivity index (χ1n) is 10.2. The van der Waals surface area contributed by atoms with E-state index in [1.54, 1.807) is 24.3 Å². The maximum absolute atomic E-state index is 13.4. The standard InChI is InChI=1S/C23H21N5O2S/c24-26-23-25-20-19(22(30)28(23)21(29)16-9-5-2-6-10-16)17-11-12-27(14-18(17)31-20)13-15-7-3-1-4-8-15/h1-10H,11-14,24H2,(H,25,26)/p+1. The molecule has 0 bridgehead atoms. The zero-order valence-electron chi connectivity index (χ0n) is 16.8. The topological polar surface area (TPSA) is 94.4 Å². The Hall–Kier alpha value is -3.33. The van der Waals surface area contributed by atoms with Crippen LogP contribution in [0, 0.1) is 0 Å². The second kappa shape index (κ2) is 8.07. The van der Waals surface area contributed by atoms with Gasteiger partial charge in [-0.05, 0) is 17.7 Å².